The molecule has 2 amide bonds. The smallest absolute Gasteiger partial charge is 0.239 e. The summed E-state index contributed by atoms with van der Waals surface area (Å²) in [5.41, 5.74) is 2.44. The van der Waals surface area contributed by atoms with Crippen molar-refractivity contribution in [3.63, 3.8) is 0 Å². The molecule has 0 saturated carbocycles. The monoisotopic (exact) mass is 306 g/mol. The van der Waals surface area contributed by atoms with Gasteiger partial charge in [0, 0.05) is 7.05 Å². The van der Waals surface area contributed by atoms with E-state index < -0.39 is 0 Å². The Bertz CT molecular complexity index is 534. The summed E-state index contributed by atoms with van der Waals surface area (Å²) in [4.78, 5) is 25.2. The third kappa shape index (κ3) is 3.59. The van der Waals surface area contributed by atoms with Crippen LogP contribution in [0, 0.1) is 0 Å². The zero-order valence-corrected chi connectivity index (χ0v) is 13.8. The quantitative estimate of drug-likeness (QED) is 0.932. The maximum absolute atomic E-state index is 12.0. The molecule has 0 bridgehead atoms. The molecular formula is C16H22N2O2S. The summed E-state index contributed by atoms with van der Waals surface area (Å²) in [6.07, 6.45) is 0. The van der Waals surface area contributed by atoms with Gasteiger partial charge in [-0.1, -0.05) is 45.0 Å². The minimum atomic E-state index is -0.137. The van der Waals surface area contributed by atoms with Crippen molar-refractivity contribution >= 4 is 23.6 Å². The Morgan fingerprint density at radius 2 is 1.95 bits per heavy atom. The number of hydrogen-bond donors (Lipinski definition) is 1. The molecule has 0 radical (unpaired) electrons. The molecule has 5 heteroatoms. The van der Waals surface area contributed by atoms with Gasteiger partial charge in [-0.3, -0.25) is 9.59 Å². The largest absolute Gasteiger partial charge is 0.358 e. The van der Waals surface area contributed by atoms with E-state index in [2.05, 4.69) is 50.4 Å². The van der Waals surface area contributed by atoms with Gasteiger partial charge in [0.25, 0.3) is 0 Å². The van der Waals surface area contributed by atoms with E-state index in [1.807, 2.05) is 0 Å². The van der Waals surface area contributed by atoms with Crippen molar-refractivity contribution in [2.75, 3.05) is 19.3 Å². The van der Waals surface area contributed by atoms with E-state index >= 15 is 0 Å². The van der Waals surface area contributed by atoms with Crippen molar-refractivity contribution in [2.24, 2.45) is 0 Å². The first-order valence-corrected chi connectivity index (χ1v) is 8.10. The molecule has 0 aliphatic carbocycles. The molecule has 1 unspecified atom stereocenters. The number of benzene rings is 1. The highest BCUT2D eigenvalue weighted by molar-refractivity contribution is 8.00. The van der Waals surface area contributed by atoms with Crippen LogP contribution in [0.2, 0.25) is 0 Å². The van der Waals surface area contributed by atoms with Crippen LogP contribution in [0.3, 0.4) is 0 Å². The first kappa shape index (κ1) is 15.9. The van der Waals surface area contributed by atoms with Crippen LogP contribution in [-0.2, 0) is 15.0 Å². The predicted molar refractivity (Wildman–Crippen MR) is 86.1 cm³/mol. The Morgan fingerprint density at radius 3 is 2.48 bits per heavy atom. The van der Waals surface area contributed by atoms with Crippen molar-refractivity contribution in [3.05, 3.63) is 35.4 Å². The number of nitrogens with one attached hydrogen (secondary N) is 1. The lowest BCUT2D eigenvalue weighted by atomic mass is 9.87. The molecule has 1 saturated heterocycles. The van der Waals surface area contributed by atoms with Gasteiger partial charge >= 0.3 is 0 Å². The summed E-state index contributed by atoms with van der Waals surface area (Å²) >= 11 is 1.57. The molecule has 0 spiro atoms. The summed E-state index contributed by atoms with van der Waals surface area (Å²) in [5.74, 6) is 0.318. The first-order chi connectivity index (χ1) is 9.82. The molecular weight excluding hydrogens is 284 g/mol. The van der Waals surface area contributed by atoms with Crippen molar-refractivity contribution in [1.82, 2.24) is 10.2 Å². The van der Waals surface area contributed by atoms with E-state index in [4.69, 9.17) is 0 Å². The number of rotatable bonds is 3. The SMILES string of the molecule is CNC(=O)CN1C(=O)CSC1c1ccc(C(C)(C)C)cc1. The number of carbonyl (C=O) groups is 2. The second-order valence-electron chi connectivity index (χ2n) is 6.23. The van der Waals surface area contributed by atoms with E-state index in [1.54, 1.807) is 23.7 Å². The fourth-order valence-electron chi connectivity index (χ4n) is 2.28. The Balaban J connectivity index is 2.20. The Kier molecular flexibility index (Phi) is 4.61. The lowest BCUT2D eigenvalue weighted by molar-refractivity contribution is -0.133. The Morgan fingerprint density at radius 1 is 1.33 bits per heavy atom. The molecule has 1 N–H and O–H groups in total. The fourth-order valence-corrected chi connectivity index (χ4v) is 3.47. The maximum Gasteiger partial charge on any atom is 0.239 e. The van der Waals surface area contributed by atoms with Crippen LogP contribution in [0.4, 0.5) is 0 Å². The average molecular weight is 306 g/mol. The van der Waals surface area contributed by atoms with Gasteiger partial charge in [-0.05, 0) is 16.5 Å². The van der Waals surface area contributed by atoms with Gasteiger partial charge < -0.3 is 10.2 Å². The first-order valence-electron chi connectivity index (χ1n) is 7.05. The van der Waals surface area contributed by atoms with Gasteiger partial charge in [-0.2, -0.15) is 0 Å². The molecule has 114 valence electrons. The van der Waals surface area contributed by atoms with Crippen LogP contribution in [0.25, 0.3) is 0 Å². The highest BCUT2D eigenvalue weighted by atomic mass is 32.2. The minimum absolute atomic E-state index is 0.0218. The van der Waals surface area contributed by atoms with E-state index in [-0.39, 0.29) is 29.1 Å². The van der Waals surface area contributed by atoms with E-state index in [0.29, 0.717) is 5.75 Å². The van der Waals surface area contributed by atoms with Gasteiger partial charge in [0.1, 0.15) is 11.9 Å². The number of likely N-dealkylation sites (N-methyl/N-ethyl adjacent to an activating group) is 1. The number of hydrogen-bond acceptors (Lipinski definition) is 3. The second-order valence-corrected chi connectivity index (χ2v) is 7.30. The molecule has 21 heavy (non-hydrogen) atoms. The number of amides is 2. The van der Waals surface area contributed by atoms with Gasteiger partial charge in [-0.25, -0.2) is 0 Å². The zero-order chi connectivity index (χ0) is 15.6. The van der Waals surface area contributed by atoms with Gasteiger partial charge in [0.2, 0.25) is 11.8 Å². The molecule has 1 aliphatic rings. The van der Waals surface area contributed by atoms with Crippen molar-refractivity contribution in [1.29, 1.82) is 0 Å². The Hall–Kier alpha value is -1.49. The van der Waals surface area contributed by atoms with Crippen LogP contribution < -0.4 is 5.32 Å². The topological polar surface area (TPSA) is 49.4 Å². The molecule has 1 aromatic carbocycles. The van der Waals surface area contributed by atoms with Crippen LogP contribution in [-0.4, -0.2) is 36.1 Å². The molecule has 1 fully saturated rings. The molecule has 4 nitrogen and oxygen atoms in total. The third-order valence-electron chi connectivity index (χ3n) is 3.62. The summed E-state index contributed by atoms with van der Waals surface area (Å²) in [6, 6.07) is 8.34. The lowest BCUT2D eigenvalue weighted by Crippen LogP contribution is -2.37. The predicted octanol–water partition coefficient (Wildman–Crippen LogP) is 2.30. The van der Waals surface area contributed by atoms with Gasteiger partial charge in [-0.15, -0.1) is 11.8 Å². The zero-order valence-electron chi connectivity index (χ0n) is 13.0. The summed E-state index contributed by atoms with van der Waals surface area (Å²) in [5, 5.41) is 2.51. The molecule has 1 atom stereocenters. The molecule has 0 aromatic heterocycles. The molecule has 1 aromatic rings. The number of carbonyl (C=O) groups excluding carboxylic acids is 2. The van der Waals surface area contributed by atoms with Crippen molar-refractivity contribution in [3.8, 4) is 0 Å². The van der Waals surface area contributed by atoms with E-state index in [0.717, 1.165) is 5.56 Å². The van der Waals surface area contributed by atoms with Crippen LogP contribution in [0.5, 0.6) is 0 Å². The third-order valence-corrected chi connectivity index (χ3v) is 4.88. The summed E-state index contributed by atoms with van der Waals surface area (Å²) in [6.45, 7) is 6.64. The average Bonchev–Trinajstić information content (AvgIpc) is 2.79. The van der Waals surface area contributed by atoms with Crippen LogP contribution in [0.1, 0.15) is 37.3 Å². The minimum Gasteiger partial charge on any atom is -0.358 e. The highest BCUT2D eigenvalue weighted by Gasteiger charge is 2.34. The van der Waals surface area contributed by atoms with E-state index in [9.17, 15) is 9.59 Å². The Labute approximate surface area is 130 Å². The van der Waals surface area contributed by atoms with Gasteiger partial charge in [0.05, 0.1) is 5.75 Å². The normalized spacial score (nSPS) is 19.0. The van der Waals surface area contributed by atoms with Crippen LogP contribution in [0.15, 0.2) is 24.3 Å². The maximum atomic E-state index is 12.0. The lowest BCUT2D eigenvalue weighted by Gasteiger charge is -2.25. The number of thioether (sulfide) groups is 1. The fraction of sp³-hybridized carbons (Fsp3) is 0.500. The van der Waals surface area contributed by atoms with Crippen molar-refractivity contribution < 1.29 is 9.59 Å². The standard InChI is InChI=1S/C16H22N2O2S/c1-16(2,3)12-7-5-11(6-8-12)15-18(9-13(19)17-4)14(20)10-21-15/h5-8,15H,9-10H2,1-4H3,(H,17,19). The van der Waals surface area contributed by atoms with E-state index in [1.165, 1.54) is 5.56 Å². The summed E-state index contributed by atoms with van der Waals surface area (Å²) < 4.78 is 0. The number of nitrogens with zero attached hydrogens (tertiary/aromatic N) is 1. The second kappa shape index (κ2) is 6.10. The molecule has 2 rings (SSSR count). The van der Waals surface area contributed by atoms with Gasteiger partial charge in [0.15, 0.2) is 0 Å². The summed E-state index contributed by atoms with van der Waals surface area (Å²) in [7, 11) is 1.59. The molecule has 1 heterocycles. The highest BCUT2D eigenvalue weighted by Crippen LogP contribution is 2.38. The van der Waals surface area contributed by atoms with Crippen LogP contribution >= 0.6 is 11.8 Å². The van der Waals surface area contributed by atoms with Crippen molar-refractivity contribution in [2.45, 2.75) is 31.6 Å². The molecule has 1 aliphatic heterocycles.